The molecule has 15 heteroatoms. The molecule has 14 nitrogen and oxygen atoms in total. The largest absolute Gasteiger partial charge is 0.494 e. The van der Waals surface area contributed by atoms with Crippen molar-refractivity contribution in [1.29, 1.82) is 0 Å². The lowest BCUT2D eigenvalue weighted by molar-refractivity contribution is 0.327. The van der Waals surface area contributed by atoms with Crippen LogP contribution < -0.4 is 24.7 Å². The van der Waals surface area contributed by atoms with Gasteiger partial charge in [-0.1, -0.05) is 12.1 Å². The van der Waals surface area contributed by atoms with Crippen molar-refractivity contribution in [2.45, 2.75) is 13.8 Å². The molecule has 4 aromatic rings. The topological polar surface area (TPSA) is 181 Å². The highest BCUT2D eigenvalue weighted by Crippen LogP contribution is 2.38. The Morgan fingerprint density at radius 2 is 1.83 bits per heavy atom. The lowest BCUT2D eigenvalue weighted by Crippen LogP contribution is -2.22. The van der Waals surface area contributed by atoms with Gasteiger partial charge in [-0.05, 0) is 38.8 Å². The van der Waals surface area contributed by atoms with Gasteiger partial charge in [-0.3, -0.25) is 9.29 Å². The fraction of sp³-hybridized carbons (Fsp3) is 0.231. The van der Waals surface area contributed by atoms with Crippen LogP contribution in [0.2, 0.25) is 0 Å². The molecule has 0 spiro atoms. The number of nitrogens with one attached hydrogen (secondary N) is 1. The van der Waals surface area contributed by atoms with Crippen molar-refractivity contribution in [2.24, 2.45) is 15.7 Å². The molecule has 0 bridgehead atoms. The fourth-order valence-electron chi connectivity index (χ4n) is 3.82. The summed E-state index contributed by atoms with van der Waals surface area (Å²) in [5.41, 5.74) is 7.54. The van der Waals surface area contributed by atoms with E-state index in [2.05, 4.69) is 41.6 Å². The van der Waals surface area contributed by atoms with Gasteiger partial charge in [-0.25, -0.2) is 28.4 Å². The minimum Gasteiger partial charge on any atom is -0.494 e. The number of aromatic nitrogens is 5. The van der Waals surface area contributed by atoms with E-state index < -0.39 is 15.8 Å². The number of benzene rings is 1. The monoisotopic (exact) mass is 579 g/mol. The summed E-state index contributed by atoms with van der Waals surface area (Å²) >= 11 is 0. The first kappa shape index (κ1) is 28.9. The molecule has 0 unspecified atom stereocenters. The van der Waals surface area contributed by atoms with Crippen LogP contribution in [0.15, 0.2) is 64.3 Å². The van der Waals surface area contributed by atoms with Crippen LogP contribution in [0, 0.1) is 0 Å². The number of ether oxygens (including phenoxy) is 3. The van der Waals surface area contributed by atoms with Gasteiger partial charge >= 0.3 is 0 Å². The lowest BCUT2D eigenvalue weighted by atomic mass is 10.2. The van der Waals surface area contributed by atoms with Crippen LogP contribution in [0.1, 0.15) is 13.8 Å². The molecular formula is C26H29N9O5S. The molecule has 0 saturated carbocycles. The molecular weight excluding hydrogens is 550 g/mol. The first-order valence-corrected chi connectivity index (χ1v) is 13.9. The zero-order chi connectivity index (χ0) is 29.6. The van der Waals surface area contributed by atoms with Crippen LogP contribution in [0.5, 0.6) is 17.4 Å². The third-order valence-electron chi connectivity index (χ3n) is 5.47. The zero-order valence-corrected chi connectivity index (χ0v) is 23.7. The number of imidazole rings is 1. The molecule has 3 heterocycles. The third-order valence-corrected chi connectivity index (χ3v) is 6.63. The number of hydrogen-bond donors (Lipinski definition) is 2. The molecule has 0 saturated heterocycles. The minimum atomic E-state index is -4.02. The summed E-state index contributed by atoms with van der Waals surface area (Å²) in [5.74, 6) is 1.01. The van der Waals surface area contributed by atoms with Crippen LogP contribution in [-0.4, -0.2) is 72.3 Å². The van der Waals surface area contributed by atoms with E-state index in [0.717, 1.165) is 0 Å². The van der Waals surface area contributed by atoms with Crippen molar-refractivity contribution in [1.82, 2.24) is 24.7 Å². The number of fused-ring (bicyclic) bond motifs is 1. The number of allylic oxidation sites excluding steroid dienone is 1. The summed E-state index contributed by atoms with van der Waals surface area (Å²) in [6.07, 6.45) is 1.29. The number of aliphatic imine (C=N–C) groups is 2. The summed E-state index contributed by atoms with van der Waals surface area (Å²) in [6, 6.07) is 12.1. The average molecular weight is 580 g/mol. The van der Waals surface area contributed by atoms with Gasteiger partial charge in [0.2, 0.25) is 21.6 Å². The number of nitrogens with zero attached hydrogens (tertiary/aromatic N) is 7. The fourth-order valence-corrected chi connectivity index (χ4v) is 4.81. The van der Waals surface area contributed by atoms with Crippen molar-refractivity contribution < 1.29 is 22.6 Å². The highest BCUT2D eigenvalue weighted by molar-refractivity contribution is 7.93. The number of rotatable bonds is 11. The minimum absolute atomic E-state index is 0.0531. The zero-order valence-electron chi connectivity index (χ0n) is 22.9. The number of sulfonamides is 1. The second-order valence-corrected chi connectivity index (χ2v) is 10.2. The van der Waals surface area contributed by atoms with E-state index in [0.29, 0.717) is 52.4 Å². The van der Waals surface area contributed by atoms with Gasteiger partial charge in [0, 0.05) is 24.0 Å². The molecule has 0 amide bonds. The van der Waals surface area contributed by atoms with Crippen LogP contribution in [0.3, 0.4) is 0 Å². The summed E-state index contributed by atoms with van der Waals surface area (Å²) in [4.78, 5) is 16.9. The van der Waals surface area contributed by atoms with Crippen LogP contribution >= 0.6 is 0 Å². The standard InChI is InChI=1S/C26H29N9O5S/c1-6-40-23-12-7-9-17(30-23)26-31-25-18(35(26)24-19(38-4)10-8-11-20(24)39-5)13-21(32-33-25)34-41(36,37)15-22(28-3)29-14-16(2)27/h7-14H,3,6,15,27H2,1-2,4-5H3,(H,32,34)/b16-14+,29-22?. The number of methoxy groups -OCH3 is 2. The molecule has 0 atom stereocenters. The van der Waals surface area contributed by atoms with Gasteiger partial charge in [0.1, 0.15) is 34.5 Å². The Morgan fingerprint density at radius 3 is 2.46 bits per heavy atom. The molecule has 1 aromatic carbocycles. The molecule has 214 valence electrons. The Morgan fingerprint density at radius 1 is 1.12 bits per heavy atom. The number of nitrogens with two attached hydrogens (primary N) is 1. The summed E-state index contributed by atoms with van der Waals surface area (Å²) in [5, 5.41) is 8.22. The van der Waals surface area contributed by atoms with Crippen molar-refractivity contribution >= 4 is 39.6 Å². The number of para-hydroxylation sites is 1. The van der Waals surface area contributed by atoms with Crippen molar-refractivity contribution in [3.63, 3.8) is 0 Å². The Kier molecular flexibility index (Phi) is 8.77. The molecule has 4 rings (SSSR count). The lowest BCUT2D eigenvalue weighted by Gasteiger charge is -2.17. The predicted octanol–water partition coefficient (Wildman–Crippen LogP) is 2.95. The highest BCUT2D eigenvalue weighted by Gasteiger charge is 2.24. The third kappa shape index (κ3) is 6.58. The Bertz CT molecular complexity index is 1720. The van der Waals surface area contributed by atoms with Crippen LogP contribution in [-0.2, 0) is 10.0 Å². The first-order chi connectivity index (χ1) is 19.7. The normalized spacial score (nSPS) is 12.3. The SMILES string of the molecule is C=NC(CS(=O)(=O)Nc1cc2c(nn1)nc(-c1cccc(OCC)n1)n2-c1c(OC)cccc1OC)=N/C=C(\C)N. The van der Waals surface area contributed by atoms with Gasteiger partial charge in [-0.15, -0.1) is 10.2 Å². The molecule has 0 aliphatic heterocycles. The Hall–Kier alpha value is -5.05. The van der Waals surface area contributed by atoms with Crippen LogP contribution in [0.4, 0.5) is 5.82 Å². The van der Waals surface area contributed by atoms with E-state index in [1.807, 2.05) is 6.92 Å². The van der Waals surface area contributed by atoms with Gasteiger partial charge in [-0.2, -0.15) is 0 Å². The maximum absolute atomic E-state index is 12.9. The number of amidine groups is 1. The van der Waals surface area contributed by atoms with Gasteiger partial charge in [0.05, 0.1) is 26.3 Å². The smallest absolute Gasteiger partial charge is 0.241 e. The van der Waals surface area contributed by atoms with Crippen molar-refractivity contribution in [3.05, 3.63) is 54.4 Å². The molecule has 41 heavy (non-hydrogen) atoms. The maximum Gasteiger partial charge on any atom is 0.241 e. The average Bonchev–Trinajstić information content (AvgIpc) is 3.33. The van der Waals surface area contributed by atoms with E-state index in [1.54, 1.807) is 47.9 Å². The quantitative estimate of drug-likeness (QED) is 0.198. The van der Waals surface area contributed by atoms with E-state index in [1.165, 1.54) is 26.5 Å². The summed E-state index contributed by atoms with van der Waals surface area (Å²) in [7, 11) is -0.965. The number of anilines is 1. The van der Waals surface area contributed by atoms with Gasteiger partial charge in [0.15, 0.2) is 11.6 Å². The Labute approximate surface area is 236 Å². The number of hydrogen-bond acceptors (Lipinski definition) is 11. The Balaban J connectivity index is 1.90. The van der Waals surface area contributed by atoms with E-state index >= 15 is 0 Å². The predicted molar refractivity (Wildman–Crippen MR) is 157 cm³/mol. The van der Waals surface area contributed by atoms with Crippen molar-refractivity contribution in [3.8, 4) is 34.6 Å². The summed E-state index contributed by atoms with van der Waals surface area (Å²) < 4.78 is 46.9. The van der Waals surface area contributed by atoms with E-state index in [-0.39, 0.29) is 17.3 Å². The second kappa shape index (κ2) is 12.4. The van der Waals surface area contributed by atoms with Crippen molar-refractivity contribution in [2.75, 3.05) is 31.3 Å². The molecule has 3 N–H and O–H groups in total. The molecule has 0 aliphatic rings. The maximum atomic E-state index is 12.9. The van der Waals surface area contributed by atoms with Gasteiger partial charge < -0.3 is 19.9 Å². The first-order valence-electron chi connectivity index (χ1n) is 12.2. The highest BCUT2D eigenvalue weighted by atomic mass is 32.2. The molecule has 3 aromatic heterocycles. The van der Waals surface area contributed by atoms with Crippen LogP contribution in [0.25, 0.3) is 28.4 Å². The van der Waals surface area contributed by atoms with E-state index in [9.17, 15) is 8.42 Å². The number of pyridine rings is 1. The molecule has 0 fully saturated rings. The molecule has 0 radical (unpaired) electrons. The second-order valence-electron chi connectivity index (χ2n) is 8.45. The summed E-state index contributed by atoms with van der Waals surface area (Å²) in [6.45, 7) is 7.27. The van der Waals surface area contributed by atoms with Gasteiger partial charge in [0.25, 0.3) is 0 Å². The molecule has 0 aliphatic carbocycles. The van der Waals surface area contributed by atoms with E-state index in [4.69, 9.17) is 19.9 Å².